The van der Waals surface area contributed by atoms with Gasteiger partial charge in [-0.3, -0.25) is 14.4 Å². The summed E-state index contributed by atoms with van der Waals surface area (Å²) in [6.45, 7) is 9.55. The molecule has 37 heavy (non-hydrogen) atoms. The standard InChI is InChI=1S/C30H33NO5.ClH/c1-19-6-10-21(11-7-19)16-26(32)35-24-15-14-23(28(34)29(31)30(3,4)5)18-25(24)36-27(33)17-22-12-8-20(2)9-13-22;/h6-15,18,29H,16-17,31H2,1-5H3;1H. The zero-order valence-corrected chi connectivity index (χ0v) is 22.7. The molecule has 1 atom stereocenters. The monoisotopic (exact) mass is 523 g/mol. The molecule has 6 nitrogen and oxygen atoms in total. The summed E-state index contributed by atoms with van der Waals surface area (Å²) in [5.41, 5.74) is 9.72. The second-order valence-corrected chi connectivity index (χ2v) is 10.1. The van der Waals surface area contributed by atoms with E-state index < -0.39 is 23.4 Å². The predicted octanol–water partition coefficient (Wildman–Crippen LogP) is 5.58. The first-order valence-corrected chi connectivity index (χ1v) is 11.9. The first-order chi connectivity index (χ1) is 16.9. The number of carbonyl (C=O) groups is 3. The molecule has 0 aliphatic heterocycles. The van der Waals surface area contributed by atoms with Crippen molar-refractivity contribution in [1.29, 1.82) is 0 Å². The molecule has 1 unspecified atom stereocenters. The van der Waals surface area contributed by atoms with E-state index >= 15 is 0 Å². The van der Waals surface area contributed by atoms with Gasteiger partial charge in [-0.2, -0.15) is 0 Å². The average Bonchev–Trinajstić information content (AvgIpc) is 2.81. The van der Waals surface area contributed by atoms with Gasteiger partial charge in [0, 0.05) is 5.56 Å². The molecule has 3 aromatic rings. The molecule has 3 rings (SSSR count). The molecule has 0 aliphatic rings. The van der Waals surface area contributed by atoms with Crippen LogP contribution in [-0.4, -0.2) is 23.8 Å². The van der Waals surface area contributed by atoms with E-state index in [2.05, 4.69) is 0 Å². The Balaban J connectivity index is 0.00000481. The molecular weight excluding hydrogens is 490 g/mol. The number of carbonyl (C=O) groups excluding carboxylic acids is 3. The molecule has 0 amide bonds. The first-order valence-electron chi connectivity index (χ1n) is 11.9. The topological polar surface area (TPSA) is 95.7 Å². The van der Waals surface area contributed by atoms with E-state index in [9.17, 15) is 14.4 Å². The third-order valence-electron chi connectivity index (χ3n) is 5.83. The minimum Gasteiger partial charge on any atom is -0.422 e. The molecular formula is C30H34ClNO5. The number of ether oxygens (including phenoxy) is 2. The van der Waals surface area contributed by atoms with Crippen molar-refractivity contribution in [2.45, 2.75) is 53.5 Å². The van der Waals surface area contributed by atoms with Crippen LogP contribution in [0.25, 0.3) is 0 Å². The number of Topliss-reactive ketones (excluding diaryl/α,β-unsaturated/α-hetero) is 1. The summed E-state index contributed by atoms with van der Waals surface area (Å²) in [6.07, 6.45) is 0.0727. The van der Waals surface area contributed by atoms with Crippen LogP contribution < -0.4 is 15.2 Å². The van der Waals surface area contributed by atoms with Crippen LogP contribution in [-0.2, 0) is 22.4 Å². The lowest BCUT2D eigenvalue weighted by molar-refractivity contribution is -0.136. The number of ketones is 1. The van der Waals surface area contributed by atoms with Crippen molar-refractivity contribution in [3.8, 4) is 11.5 Å². The van der Waals surface area contributed by atoms with Crippen LogP contribution in [0.5, 0.6) is 11.5 Å². The van der Waals surface area contributed by atoms with Crippen LogP contribution in [0.15, 0.2) is 66.7 Å². The molecule has 0 bridgehead atoms. The van der Waals surface area contributed by atoms with Crippen molar-refractivity contribution in [2.75, 3.05) is 0 Å². The SMILES string of the molecule is Cc1ccc(CC(=O)Oc2ccc(C(=O)C(N)C(C)(C)C)cc2OC(=O)Cc2ccc(C)cc2)cc1.Cl. The number of esters is 2. The van der Waals surface area contributed by atoms with Gasteiger partial charge in [0.05, 0.1) is 18.9 Å². The zero-order chi connectivity index (χ0) is 26.5. The fourth-order valence-corrected chi connectivity index (χ4v) is 3.46. The van der Waals surface area contributed by atoms with Gasteiger partial charge in [0.2, 0.25) is 0 Å². The summed E-state index contributed by atoms with van der Waals surface area (Å²) in [5.74, 6) is -1.29. The van der Waals surface area contributed by atoms with Gasteiger partial charge in [0.15, 0.2) is 17.3 Å². The van der Waals surface area contributed by atoms with Crippen molar-refractivity contribution >= 4 is 30.1 Å². The first kappa shape index (κ1) is 29.7. The minimum absolute atomic E-state index is 0. The molecule has 0 fully saturated rings. The summed E-state index contributed by atoms with van der Waals surface area (Å²) in [7, 11) is 0. The maximum absolute atomic E-state index is 13.0. The quantitative estimate of drug-likeness (QED) is 0.235. The fraction of sp³-hybridized carbons (Fsp3) is 0.300. The number of benzene rings is 3. The normalized spacial score (nSPS) is 11.7. The number of rotatable bonds is 8. The highest BCUT2D eigenvalue weighted by atomic mass is 35.5. The zero-order valence-electron chi connectivity index (χ0n) is 21.9. The fourth-order valence-electron chi connectivity index (χ4n) is 3.46. The average molecular weight is 524 g/mol. The van der Waals surface area contributed by atoms with Crippen LogP contribution in [0.1, 0.15) is 53.4 Å². The molecule has 0 spiro atoms. The number of hydrogen-bond donors (Lipinski definition) is 1. The van der Waals surface area contributed by atoms with Crippen LogP contribution in [0, 0.1) is 19.3 Å². The molecule has 0 saturated carbocycles. The van der Waals surface area contributed by atoms with Gasteiger partial charge in [0.25, 0.3) is 0 Å². The van der Waals surface area contributed by atoms with E-state index in [1.54, 1.807) is 0 Å². The van der Waals surface area contributed by atoms with E-state index in [-0.39, 0.29) is 48.1 Å². The molecule has 2 N–H and O–H groups in total. The second kappa shape index (κ2) is 12.7. The molecule has 0 heterocycles. The number of aryl methyl sites for hydroxylation is 2. The Morgan fingerprint density at radius 2 is 1.16 bits per heavy atom. The smallest absolute Gasteiger partial charge is 0.315 e. The summed E-state index contributed by atoms with van der Waals surface area (Å²) in [4.78, 5) is 38.3. The highest BCUT2D eigenvalue weighted by Crippen LogP contribution is 2.31. The van der Waals surface area contributed by atoms with Gasteiger partial charge in [-0.25, -0.2) is 0 Å². The van der Waals surface area contributed by atoms with Crippen LogP contribution >= 0.6 is 12.4 Å². The van der Waals surface area contributed by atoms with E-state index in [0.717, 1.165) is 22.3 Å². The maximum Gasteiger partial charge on any atom is 0.315 e. The molecule has 0 aliphatic carbocycles. The third kappa shape index (κ3) is 8.55. The van der Waals surface area contributed by atoms with Gasteiger partial charge in [-0.05, 0) is 48.6 Å². The minimum atomic E-state index is -0.761. The Labute approximate surface area is 224 Å². The Morgan fingerprint density at radius 3 is 1.59 bits per heavy atom. The van der Waals surface area contributed by atoms with Crippen LogP contribution in [0.2, 0.25) is 0 Å². The summed E-state index contributed by atoms with van der Waals surface area (Å²) >= 11 is 0. The second-order valence-electron chi connectivity index (χ2n) is 10.1. The van der Waals surface area contributed by atoms with Crippen molar-refractivity contribution in [3.63, 3.8) is 0 Å². The maximum atomic E-state index is 13.0. The van der Waals surface area contributed by atoms with E-state index in [1.165, 1.54) is 18.2 Å². The number of halogens is 1. The van der Waals surface area contributed by atoms with Gasteiger partial charge < -0.3 is 15.2 Å². The summed E-state index contributed by atoms with van der Waals surface area (Å²) in [6, 6.07) is 18.7. The lowest BCUT2D eigenvalue weighted by Gasteiger charge is -2.25. The lowest BCUT2D eigenvalue weighted by atomic mass is 9.83. The molecule has 0 saturated heterocycles. The van der Waals surface area contributed by atoms with Gasteiger partial charge in [0.1, 0.15) is 0 Å². The predicted molar refractivity (Wildman–Crippen MR) is 146 cm³/mol. The van der Waals surface area contributed by atoms with Crippen molar-refractivity contribution in [3.05, 3.63) is 94.5 Å². The summed E-state index contributed by atoms with van der Waals surface area (Å²) < 4.78 is 11.1. The van der Waals surface area contributed by atoms with Gasteiger partial charge in [-0.15, -0.1) is 12.4 Å². The largest absolute Gasteiger partial charge is 0.422 e. The van der Waals surface area contributed by atoms with E-state index in [1.807, 2.05) is 83.1 Å². The van der Waals surface area contributed by atoms with Gasteiger partial charge in [-0.1, -0.05) is 80.4 Å². The van der Waals surface area contributed by atoms with E-state index in [4.69, 9.17) is 15.2 Å². The van der Waals surface area contributed by atoms with Crippen LogP contribution in [0.3, 0.4) is 0 Å². The highest BCUT2D eigenvalue weighted by Gasteiger charge is 2.29. The Kier molecular flexibility index (Phi) is 10.2. The van der Waals surface area contributed by atoms with Crippen molar-refractivity contribution in [2.24, 2.45) is 11.1 Å². The third-order valence-corrected chi connectivity index (χ3v) is 5.83. The molecule has 0 aromatic heterocycles. The number of hydrogen-bond acceptors (Lipinski definition) is 6. The molecule has 196 valence electrons. The number of nitrogens with two attached hydrogens (primary N) is 1. The summed E-state index contributed by atoms with van der Waals surface area (Å²) in [5, 5.41) is 0. The highest BCUT2D eigenvalue weighted by molar-refractivity contribution is 6.01. The van der Waals surface area contributed by atoms with E-state index in [0.29, 0.717) is 0 Å². The molecule has 0 radical (unpaired) electrons. The van der Waals surface area contributed by atoms with Crippen molar-refractivity contribution < 1.29 is 23.9 Å². The van der Waals surface area contributed by atoms with Crippen molar-refractivity contribution in [1.82, 2.24) is 0 Å². The Morgan fingerprint density at radius 1 is 0.730 bits per heavy atom. The van der Waals surface area contributed by atoms with Crippen LogP contribution in [0.4, 0.5) is 0 Å². The van der Waals surface area contributed by atoms with Gasteiger partial charge >= 0.3 is 11.9 Å². The Bertz CT molecular complexity index is 1240. The molecule has 7 heteroatoms. The lowest BCUT2D eigenvalue weighted by Crippen LogP contribution is -2.42. The Hall–Kier alpha value is -3.48. The molecule has 3 aromatic carbocycles.